The van der Waals surface area contributed by atoms with E-state index in [2.05, 4.69) is 19.3 Å². The van der Waals surface area contributed by atoms with Crippen molar-refractivity contribution in [2.24, 2.45) is 5.10 Å². The highest BCUT2D eigenvalue weighted by molar-refractivity contribution is 7.87. The number of methoxy groups -OCH3 is 1. The largest absolute Gasteiger partial charge is 0.497 e. The Kier molecular flexibility index (Phi) is 6.61. The number of aromatic nitrogens is 2. The number of nitrogens with one attached hydrogen (secondary N) is 1. The van der Waals surface area contributed by atoms with E-state index in [1.807, 2.05) is 0 Å². The number of para-hydroxylation sites is 1. The second-order valence-electron chi connectivity index (χ2n) is 6.81. The molecule has 33 heavy (non-hydrogen) atoms. The van der Waals surface area contributed by atoms with Gasteiger partial charge in [0.25, 0.3) is 0 Å². The van der Waals surface area contributed by atoms with E-state index in [0.29, 0.717) is 22.3 Å². The van der Waals surface area contributed by atoms with Crippen LogP contribution < -0.4 is 14.3 Å². The monoisotopic (exact) mass is 482 g/mol. The van der Waals surface area contributed by atoms with E-state index < -0.39 is 10.1 Å². The molecule has 11 heteroatoms. The molecule has 168 valence electrons. The Hall–Kier alpha value is -3.83. The average Bonchev–Trinajstić information content (AvgIpc) is 3.28. The van der Waals surface area contributed by atoms with Gasteiger partial charge in [-0.15, -0.1) is 0 Å². The number of nitrogens with zero attached hydrogens (tertiary/aromatic N) is 3. The average molecular weight is 483 g/mol. The van der Waals surface area contributed by atoms with Gasteiger partial charge in [-0.3, -0.25) is 4.79 Å². The number of fused-ring (bicyclic) bond motifs is 1. The highest BCUT2D eigenvalue weighted by Gasteiger charge is 2.19. The van der Waals surface area contributed by atoms with Gasteiger partial charge < -0.3 is 8.92 Å². The van der Waals surface area contributed by atoms with E-state index in [1.165, 1.54) is 24.4 Å². The van der Waals surface area contributed by atoms with Crippen LogP contribution in [0, 0.1) is 0 Å². The Labute approximate surface area is 194 Å². The molecule has 9 nitrogen and oxygen atoms in total. The van der Waals surface area contributed by atoms with Gasteiger partial charge in [-0.2, -0.15) is 22.3 Å². The second kappa shape index (κ2) is 9.76. The number of carbonyl (C=O) groups excluding carboxylic acids is 1. The van der Waals surface area contributed by atoms with Crippen LogP contribution in [-0.2, 0) is 21.3 Å². The summed E-state index contributed by atoms with van der Waals surface area (Å²) in [5.74, 6) is 0.386. The van der Waals surface area contributed by atoms with Crippen LogP contribution in [0.5, 0.6) is 11.5 Å². The third kappa shape index (κ3) is 5.51. The fraction of sp³-hybridized carbons (Fsp3) is 0.0909. The SMILES string of the molecule is COc1cccc(CC(=O)NN=Cc2ccccc2OS(=O)(=O)c2ccc3nsnc3c2)c1. The van der Waals surface area contributed by atoms with Gasteiger partial charge in [-0.1, -0.05) is 24.3 Å². The number of carbonyl (C=O) groups is 1. The van der Waals surface area contributed by atoms with Crippen LogP contribution in [0.2, 0.25) is 0 Å². The van der Waals surface area contributed by atoms with Crippen molar-refractivity contribution in [1.82, 2.24) is 14.2 Å². The normalized spacial score (nSPS) is 11.5. The van der Waals surface area contributed by atoms with Gasteiger partial charge in [0.15, 0.2) is 5.75 Å². The zero-order valence-electron chi connectivity index (χ0n) is 17.3. The number of ether oxygens (including phenoxy) is 1. The first-order valence-electron chi connectivity index (χ1n) is 9.65. The molecule has 1 heterocycles. The van der Waals surface area contributed by atoms with E-state index in [4.69, 9.17) is 8.92 Å². The number of amides is 1. The number of rotatable bonds is 8. The van der Waals surface area contributed by atoms with Crippen molar-refractivity contribution in [3.8, 4) is 11.5 Å². The third-order valence-corrected chi connectivity index (χ3v) is 6.31. The molecular formula is C22H18N4O5S2. The Morgan fingerprint density at radius 1 is 1.06 bits per heavy atom. The molecule has 3 aromatic carbocycles. The fourth-order valence-electron chi connectivity index (χ4n) is 2.93. The maximum absolute atomic E-state index is 12.8. The molecule has 0 saturated carbocycles. The molecule has 1 aromatic heterocycles. The number of hydrogen-bond acceptors (Lipinski definition) is 9. The highest BCUT2D eigenvalue weighted by Crippen LogP contribution is 2.24. The Morgan fingerprint density at radius 2 is 1.88 bits per heavy atom. The van der Waals surface area contributed by atoms with Crippen LogP contribution in [0.25, 0.3) is 11.0 Å². The fourth-order valence-corrected chi connectivity index (χ4v) is 4.42. The van der Waals surface area contributed by atoms with Crippen molar-refractivity contribution in [3.05, 3.63) is 77.9 Å². The van der Waals surface area contributed by atoms with Crippen molar-refractivity contribution in [3.63, 3.8) is 0 Å². The van der Waals surface area contributed by atoms with Crippen LogP contribution in [0.3, 0.4) is 0 Å². The van der Waals surface area contributed by atoms with Crippen molar-refractivity contribution in [2.75, 3.05) is 7.11 Å². The minimum absolute atomic E-state index is 0.0407. The van der Waals surface area contributed by atoms with Gasteiger partial charge in [0.2, 0.25) is 5.91 Å². The summed E-state index contributed by atoms with van der Waals surface area (Å²) in [7, 11) is -2.56. The molecule has 4 aromatic rings. The zero-order valence-corrected chi connectivity index (χ0v) is 19.0. The summed E-state index contributed by atoms with van der Waals surface area (Å²) in [6.07, 6.45) is 1.43. The van der Waals surface area contributed by atoms with E-state index in [1.54, 1.807) is 55.6 Å². The van der Waals surface area contributed by atoms with Crippen LogP contribution >= 0.6 is 11.7 Å². The summed E-state index contributed by atoms with van der Waals surface area (Å²) >= 11 is 0.998. The van der Waals surface area contributed by atoms with Crippen LogP contribution in [0.4, 0.5) is 0 Å². The molecule has 0 atom stereocenters. The summed E-state index contributed by atoms with van der Waals surface area (Å²) in [5, 5.41) is 3.93. The van der Waals surface area contributed by atoms with Gasteiger partial charge in [0.05, 0.1) is 31.5 Å². The van der Waals surface area contributed by atoms with Crippen molar-refractivity contribution in [2.45, 2.75) is 11.3 Å². The Morgan fingerprint density at radius 3 is 2.73 bits per heavy atom. The molecule has 0 radical (unpaired) electrons. The minimum atomic E-state index is -4.12. The minimum Gasteiger partial charge on any atom is -0.497 e. The van der Waals surface area contributed by atoms with Crippen molar-refractivity contribution >= 4 is 45.0 Å². The maximum atomic E-state index is 12.8. The van der Waals surface area contributed by atoms with E-state index >= 15 is 0 Å². The molecule has 1 N–H and O–H groups in total. The summed E-state index contributed by atoms with van der Waals surface area (Å²) in [6.45, 7) is 0. The molecule has 4 rings (SSSR count). The maximum Gasteiger partial charge on any atom is 0.339 e. The molecule has 0 unspecified atom stereocenters. The van der Waals surface area contributed by atoms with Crippen molar-refractivity contribution in [1.29, 1.82) is 0 Å². The molecular weight excluding hydrogens is 464 g/mol. The molecule has 1 amide bonds. The summed E-state index contributed by atoms with van der Waals surface area (Å²) in [6, 6.07) is 18.0. The topological polar surface area (TPSA) is 120 Å². The lowest BCUT2D eigenvalue weighted by molar-refractivity contribution is -0.120. The summed E-state index contributed by atoms with van der Waals surface area (Å²) in [5.41, 5.74) is 4.65. The molecule has 0 fully saturated rings. The van der Waals surface area contributed by atoms with E-state index in [9.17, 15) is 13.2 Å². The van der Waals surface area contributed by atoms with Gasteiger partial charge in [-0.05, 0) is 48.0 Å². The smallest absolute Gasteiger partial charge is 0.339 e. The molecule has 0 aliphatic heterocycles. The Balaban J connectivity index is 1.45. The molecule has 0 aliphatic carbocycles. The number of benzene rings is 3. The van der Waals surface area contributed by atoms with E-state index in [-0.39, 0.29) is 23.0 Å². The quantitative estimate of drug-likeness (QED) is 0.233. The predicted molar refractivity (Wildman–Crippen MR) is 124 cm³/mol. The molecule has 0 bridgehead atoms. The summed E-state index contributed by atoms with van der Waals surface area (Å²) < 4.78 is 44.1. The zero-order chi connectivity index (χ0) is 23.3. The van der Waals surface area contributed by atoms with Crippen LogP contribution in [-0.4, -0.2) is 36.4 Å². The van der Waals surface area contributed by atoms with Crippen molar-refractivity contribution < 1.29 is 22.1 Å². The lowest BCUT2D eigenvalue weighted by atomic mass is 10.1. The summed E-state index contributed by atoms with van der Waals surface area (Å²) in [4.78, 5) is 12.1. The lowest BCUT2D eigenvalue weighted by Crippen LogP contribution is -2.20. The molecule has 0 spiro atoms. The third-order valence-electron chi connectivity index (χ3n) is 4.52. The second-order valence-corrected chi connectivity index (χ2v) is 8.89. The predicted octanol–water partition coefficient (Wildman–Crippen LogP) is 3.16. The highest BCUT2D eigenvalue weighted by atomic mass is 32.2. The van der Waals surface area contributed by atoms with Crippen LogP contribution in [0.15, 0.2) is 76.7 Å². The first kappa shape index (κ1) is 22.4. The van der Waals surface area contributed by atoms with Gasteiger partial charge >= 0.3 is 10.1 Å². The van der Waals surface area contributed by atoms with E-state index in [0.717, 1.165) is 17.3 Å². The Bertz CT molecular complexity index is 1430. The first-order valence-corrected chi connectivity index (χ1v) is 11.8. The first-order chi connectivity index (χ1) is 15.9. The van der Waals surface area contributed by atoms with Gasteiger partial charge in [0, 0.05) is 5.56 Å². The van der Waals surface area contributed by atoms with Gasteiger partial charge in [0.1, 0.15) is 21.7 Å². The number of hydrogen-bond donors (Lipinski definition) is 1. The molecule has 0 saturated heterocycles. The standard InChI is InChI=1S/C22H18N4O5S2/c1-30-17-7-4-5-15(11-17)12-22(27)24-23-14-16-6-2-3-8-21(16)31-33(28,29)18-9-10-19-20(13-18)26-32-25-19/h2-11,13-14H,12H2,1H3,(H,24,27). The number of hydrazone groups is 1. The van der Waals surface area contributed by atoms with Crippen LogP contribution in [0.1, 0.15) is 11.1 Å². The van der Waals surface area contributed by atoms with Gasteiger partial charge in [-0.25, -0.2) is 5.43 Å². The molecule has 0 aliphatic rings. The lowest BCUT2D eigenvalue weighted by Gasteiger charge is -2.09.